The molecule has 1 aromatic heterocycles. The Labute approximate surface area is 197 Å². The van der Waals surface area contributed by atoms with Crippen LogP contribution in [0.3, 0.4) is 0 Å². The van der Waals surface area contributed by atoms with Gasteiger partial charge in [0.25, 0.3) is 0 Å². The lowest BCUT2D eigenvalue weighted by Crippen LogP contribution is -2.58. The van der Waals surface area contributed by atoms with Gasteiger partial charge in [0.2, 0.25) is 0 Å². The van der Waals surface area contributed by atoms with Crippen LogP contribution in [-0.2, 0) is 26.2 Å². The standard InChI is InChI=1S/C25H27N3O6/c1-5-34-23(30)25(2)21-16(18-14-15(32-3)10-11-20(18)26-21)12-13-28(25)24(31)27-19-9-7-6-8-17(19)22(29)33-4/h6-11,14,26H,5,12-13H2,1-4H3,(H,27,31). The first kappa shape index (κ1) is 23.2. The second-order valence-electron chi connectivity index (χ2n) is 8.05. The van der Waals surface area contributed by atoms with E-state index in [2.05, 4.69) is 10.3 Å². The van der Waals surface area contributed by atoms with Gasteiger partial charge in [-0.25, -0.2) is 14.4 Å². The third kappa shape index (κ3) is 3.72. The summed E-state index contributed by atoms with van der Waals surface area (Å²) in [5.74, 6) is -0.424. The number of carbonyl (C=O) groups is 3. The average Bonchev–Trinajstić information content (AvgIpc) is 3.23. The van der Waals surface area contributed by atoms with E-state index in [0.717, 1.165) is 16.5 Å². The van der Waals surface area contributed by atoms with Gasteiger partial charge in [0.15, 0.2) is 5.54 Å². The van der Waals surface area contributed by atoms with Gasteiger partial charge in [0.1, 0.15) is 5.75 Å². The maximum atomic E-state index is 13.5. The highest BCUT2D eigenvalue weighted by atomic mass is 16.5. The van der Waals surface area contributed by atoms with Crippen LogP contribution >= 0.6 is 0 Å². The number of hydrogen-bond acceptors (Lipinski definition) is 6. The number of urea groups is 1. The molecule has 0 spiro atoms. The average molecular weight is 466 g/mol. The molecule has 2 heterocycles. The monoisotopic (exact) mass is 465 g/mol. The fraction of sp³-hybridized carbons (Fsp3) is 0.320. The highest BCUT2D eigenvalue weighted by Gasteiger charge is 2.50. The Bertz CT molecular complexity index is 1270. The highest BCUT2D eigenvalue weighted by Crippen LogP contribution is 2.41. The molecule has 34 heavy (non-hydrogen) atoms. The number of benzene rings is 2. The van der Waals surface area contributed by atoms with E-state index in [9.17, 15) is 14.4 Å². The Morgan fingerprint density at radius 1 is 1.15 bits per heavy atom. The number of H-pyrrole nitrogens is 1. The molecule has 0 aliphatic carbocycles. The number of aromatic amines is 1. The molecular formula is C25H27N3O6. The molecule has 2 amide bonds. The minimum atomic E-state index is -1.42. The van der Waals surface area contributed by atoms with E-state index < -0.39 is 23.5 Å². The van der Waals surface area contributed by atoms with Crippen molar-refractivity contribution in [2.24, 2.45) is 0 Å². The van der Waals surface area contributed by atoms with Gasteiger partial charge < -0.3 is 29.4 Å². The van der Waals surface area contributed by atoms with Crippen LogP contribution in [-0.4, -0.2) is 55.2 Å². The molecule has 1 unspecified atom stereocenters. The van der Waals surface area contributed by atoms with Crippen molar-refractivity contribution in [1.29, 1.82) is 0 Å². The van der Waals surface area contributed by atoms with E-state index in [4.69, 9.17) is 14.2 Å². The molecule has 1 atom stereocenters. The van der Waals surface area contributed by atoms with Crippen molar-refractivity contribution in [1.82, 2.24) is 9.88 Å². The third-order valence-corrected chi connectivity index (χ3v) is 6.22. The molecule has 1 aliphatic heterocycles. The lowest BCUT2D eigenvalue weighted by atomic mass is 9.86. The summed E-state index contributed by atoms with van der Waals surface area (Å²) in [4.78, 5) is 43.7. The van der Waals surface area contributed by atoms with Crippen molar-refractivity contribution in [3.8, 4) is 5.75 Å². The first-order valence-corrected chi connectivity index (χ1v) is 11.0. The zero-order valence-electron chi connectivity index (χ0n) is 19.6. The smallest absolute Gasteiger partial charge is 0.339 e. The van der Waals surface area contributed by atoms with Crippen LogP contribution in [0, 0.1) is 0 Å². The van der Waals surface area contributed by atoms with Gasteiger partial charge >= 0.3 is 18.0 Å². The van der Waals surface area contributed by atoms with Gasteiger partial charge in [-0.15, -0.1) is 0 Å². The second kappa shape index (κ2) is 9.09. The first-order valence-electron chi connectivity index (χ1n) is 11.0. The number of anilines is 1. The normalized spacial score (nSPS) is 17.1. The third-order valence-electron chi connectivity index (χ3n) is 6.22. The number of amides is 2. The van der Waals surface area contributed by atoms with Gasteiger partial charge in [-0.3, -0.25) is 0 Å². The number of hydrogen-bond donors (Lipinski definition) is 2. The van der Waals surface area contributed by atoms with E-state index in [1.807, 2.05) is 18.2 Å². The second-order valence-corrected chi connectivity index (χ2v) is 8.05. The summed E-state index contributed by atoms with van der Waals surface area (Å²) < 4.78 is 15.6. The molecule has 0 radical (unpaired) electrons. The van der Waals surface area contributed by atoms with Gasteiger partial charge in [-0.05, 0) is 56.2 Å². The first-order chi connectivity index (χ1) is 16.3. The molecule has 0 saturated heterocycles. The molecule has 9 heteroatoms. The number of methoxy groups -OCH3 is 2. The van der Waals surface area contributed by atoms with Crippen molar-refractivity contribution < 1.29 is 28.6 Å². The predicted octanol–water partition coefficient (Wildman–Crippen LogP) is 3.83. The zero-order chi connectivity index (χ0) is 24.5. The van der Waals surface area contributed by atoms with Crippen LogP contribution in [0.25, 0.3) is 10.9 Å². The number of aromatic nitrogens is 1. The van der Waals surface area contributed by atoms with Gasteiger partial charge in [0.05, 0.1) is 37.8 Å². The number of fused-ring (bicyclic) bond motifs is 3. The minimum absolute atomic E-state index is 0.165. The maximum absolute atomic E-state index is 13.5. The number of ether oxygens (including phenoxy) is 3. The fourth-order valence-electron chi connectivity index (χ4n) is 4.46. The van der Waals surface area contributed by atoms with Gasteiger partial charge in [0, 0.05) is 17.4 Å². The van der Waals surface area contributed by atoms with Gasteiger partial charge in [-0.1, -0.05) is 12.1 Å². The van der Waals surface area contributed by atoms with E-state index >= 15 is 0 Å². The van der Waals surface area contributed by atoms with Crippen LogP contribution < -0.4 is 10.1 Å². The maximum Gasteiger partial charge on any atom is 0.339 e. The molecule has 3 aromatic rings. The minimum Gasteiger partial charge on any atom is -0.497 e. The van der Waals surface area contributed by atoms with E-state index in [-0.39, 0.29) is 24.4 Å². The summed E-state index contributed by atoms with van der Waals surface area (Å²) >= 11 is 0. The van der Waals surface area contributed by atoms with Crippen LogP contribution in [0.2, 0.25) is 0 Å². The SMILES string of the molecule is CCOC(=O)C1(C)c2[nH]c3ccc(OC)cc3c2CCN1C(=O)Nc1ccccc1C(=O)OC. The summed E-state index contributed by atoms with van der Waals surface area (Å²) in [6.45, 7) is 3.82. The summed E-state index contributed by atoms with van der Waals surface area (Å²) in [5.41, 5.74) is 1.45. The molecule has 2 aromatic carbocycles. The quantitative estimate of drug-likeness (QED) is 0.554. The fourth-order valence-corrected chi connectivity index (χ4v) is 4.46. The molecule has 178 valence electrons. The zero-order valence-corrected chi connectivity index (χ0v) is 19.6. The van der Waals surface area contributed by atoms with Crippen molar-refractivity contribution in [2.45, 2.75) is 25.8 Å². The summed E-state index contributed by atoms with van der Waals surface area (Å²) in [5, 5.41) is 3.71. The summed E-state index contributed by atoms with van der Waals surface area (Å²) in [6, 6.07) is 11.6. The van der Waals surface area contributed by atoms with Gasteiger partial charge in [-0.2, -0.15) is 0 Å². The lowest BCUT2D eigenvalue weighted by molar-refractivity contribution is -0.156. The molecule has 0 saturated carbocycles. The number of nitrogens with zero attached hydrogens (tertiary/aromatic N) is 1. The Hall–Kier alpha value is -4.01. The number of para-hydroxylation sites is 1. The molecular weight excluding hydrogens is 438 g/mol. The van der Waals surface area contributed by atoms with Crippen LogP contribution in [0.1, 0.15) is 35.5 Å². The van der Waals surface area contributed by atoms with Crippen molar-refractivity contribution in [2.75, 3.05) is 32.7 Å². The lowest BCUT2D eigenvalue weighted by Gasteiger charge is -2.42. The van der Waals surface area contributed by atoms with Crippen LogP contribution in [0.4, 0.5) is 10.5 Å². The molecule has 9 nitrogen and oxygen atoms in total. The van der Waals surface area contributed by atoms with Crippen LogP contribution in [0.5, 0.6) is 5.75 Å². The highest BCUT2D eigenvalue weighted by molar-refractivity contribution is 6.02. The number of carbonyl (C=O) groups excluding carboxylic acids is 3. The molecule has 4 rings (SSSR count). The largest absolute Gasteiger partial charge is 0.497 e. The number of esters is 2. The summed E-state index contributed by atoms with van der Waals surface area (Å²) in [7, 11) is 2.87. The Morgan fingerprint density at radius 2 is 1.91 bits per heavy atom. The molecule has 0 fully saturated rings. The Kier molecular flexibility index (Phi) is 6.19. The Morgan fingerprint density at radius 3 is 2.62 bits per heavy atom. The number of nitrogens with one attached hydrogen (secondary N) is 2. The van der Waals surface area contributed by atoms with E-state index in [0.29, 0.717) is 17.9 Å². The Balaban J connectivity index is 1.77. The van der Waals surface area contributed by atoms with Crippen molar-refractivity contribution >= 4 is 34.6 Å². The molecule has 0 bridgehead atoms. The van der Waals surface area contributed by atoms with E-state index in [1.54, 1.807) is 45.2 Å². The molecule has 1 aliphatic rings. The van der Waals surface area contributed by atoms with E-state index in [1.165, 1.54) is 12.0 Å². The van der Waals surface area contributed by atoms with Crippen molar-refractivity contribution in [3.63, 3.8) is 0 Å². The molecule has 2 N–H and O–H groups in total. The number of rotatable bonds is 5. The van der Waals surface area contributed by atoms with Crippen molar-refractivity contribution in [3.05, 3.63) is 59.3 Å². The topological polar surface area (TPSA) is 110 Å². The predicted molar refractivity (Wildman–Crippen MR) is 126 cm³/mol. The van der Waals surface area contributed by atoms with Crippen LogP contribution in [0.15, 0.2) is 42.5 Å². The summed E-state index contributed by atoms with van der Waals surface area (Å²) in [6.07, 6.45) is 0.517.